The van der Waals surface area contributed by atoms with Crippen molar-refractivity contribution in [3.8, 4) is 0 Å². The maximum atomic E-state index is 2.37. The minimum atomic E-state index is 0.861. The van der Waals surface area contributed by atoms with Gasteiger partial charge in [0.2, 0.25) is 0 Å². The zero-order valence-electron chi connectivity index (χ0n) is 22.1. The fourth-order valence-electron chi connectivity index (χ4n) is 4.47. The number of hydrogen-bond acceptors (Lipinski definition) is 0. The van der Waals surface area contributed by atoms with Gasteiger partial charge in [-0.15, -0.1) is 0 Å². The van der Waals surface area contributed by atoms with Crippen LogP contribution >= 0.6 is 0 Å². The van der Waals surface area contributed by atoms with Crippen LogP contribution in [0.1, 0.15) is 140 Å². The van der Waals surface area contributed by atoms with E-state index in [1.807, 2.05) is 0 Å². The van der Waals surface area contributed by atoms with Crippen molar-refractivity contribution in [2.45, 2.75) is 140 Å². The molecule has 0 heteroatoms. The van der Waals surface area contributed by atoms with E-state index in [1.54, 1.807) is 0 Å². The highest BCUT2D eigenvalue weighted by molar-refractivity contribution is 4.77. The molecule has 172 valence electrons. The molecule has 0 aromatic carbocycles. The Morgan fingerprint density at radius 2 is 1.14 bits per heavy atom. The summed E-state index contributed by atoms with van der Waals surface area (Å²) < 4.78 is 0. The Morgan fingerprint density at radius 3 is 1.25 bits per heavy atom. The summed E-state index contributed by atoms with van der Waals surface area (Å²) in [5, 5.41) is 0. The van der Waals surface area contributed by atoms with E-state index in [9.17, 15) is 0 Å². The maximum absolute atomic E-state index is 2.37. The highest BCUT2D eigenvalue weighted by Crippen LogP contribution is 2.37. The van der Waals surface area contributed by atoms with Crippen molar-refractivity contribution in [2.24, 2.45) is 41.4 Å². The quantitative estimate of drug-likeness (QED) is 0.418. The van der Waals surface area contributed by atoms with Crippen LogP contribution in [0.5, 0.6) is 0 Å². The molecule has 0 nitrogen and oxygen atoms in total. The molecule has 2 aliphatic rings. The molecule has 0 aliphatic heterocycles. The average Bonchev–Trinajstić information content (AvgIpc) is 3.11. The van der Waals surface area contributed by atoms with Crippen molar-refractivity contribution < 1.29 is 0 Å². The summed E-state index contributed by atoms with van der Waals surface area (Å²) >= 11 is 0. The third kappa shape index (κ3) is 15.9. The third-order valence-corrected chi connectivity index (χ3v) is 7.20. The van der Waals surface area contributed by atoms with Crippen LogP contribution in [0.15, 0.2) is 0 Å². The monoisotopic (exact) mass is 396 g/mol. The van der Waals surface area contributed by atoms with Crippen molar-refractivity contribution in [3.05, 3.63) is 0 Å². The molecular formula is C28H60. The largest absolute Gasteiger partial charge is 0.0654 e. The SMILES string of the molecule is CC1CC(C(C)C)C1.CC1CCCC1.CCC(C)C(CC)C(C)C.CCCC. The van der Waals surface area contributed by atoms with E-state index in [4.69, 9.17) is 0 Å². The van der Waals surface area contributed by atoms with Crippen LogP contribution in [-0.4, -0.2) is 0 Å². The van der Waals surface area contributed by atoms with E-state index in [0.717, 1.165) is 41.4 Å². The average molecular weight is 397 g/mol. The summed E-state index contributed by atoms with van der Waals surface area (Å²) in [5.41, 5.74) is 0. The highest BCUT2D eigenvalue weighted by Gasteiger charge is 2.27. The first kappa shape index (κ1) is 30.2. The summed E-state index contributed by atoms with van der Waals surface area (Å²) in [6.07, 6.45) is 14.2. The Hall–Kier alpha value is 0. The lowest BCUT2D eigenvalue weighted by Gasteiger charge is -2.35. The molecule has 0 amide bonds. The molecular weight excluding hydrogens is 336 g/mol. The molecule has 28 heavy (non-hydrogen) atoms. The van der Waals surface area contributed by atoms with Gasteiger partial charge in [-0.2, -0.15) is 0 Å². The molecule has 2 fully saturated rings. The number of rotatable bonds is 6. The second-order valence-corrected chi connectivity index (χ2v) is 10.7. The Kier molecular flexibility index (Phi) is 20.5. The van der Waals surface area contributed by atoms with Crippen LogP contribution in [-0.2, 0) is 0 Å². The van der Waals surface area contributed by atoms with Crippen LogP contribution in [0.3, 0.4) is 0 Å². The van der Waals surface area contributed by atoms with Gasteiger partial charge in [-0.1, -0.05) is 128 Å². The molecule has 0 aromatic heterocycles. The normalized spacial score (nSPS) is 23.5. The van der Waals surface area contributed by atoms with Gasteiger partial charge < -0.3 is 0 Å². The minimum absolute atomic E-state index is 0.861. The summed E-state index contributed by atoms with van der Waals surface area (Å²) in [7, 11) is 0. The number of hydrogen-bond donors (Lipinski definition) is 0. The van der Waals surface area contributed by atoms with E-state index >= 15 is 0 Å². The first-order valence-corrected chi connectivity index (χ1v) is 13.1. The molecule has 2 unspecified atom stereocenters. The first-order valence-electron chi connectivity index (χ1n) is 13.1. The molecule has 0 aromatic rings. The first-order chi connectivity index (χ1) is 13.1. The standard InChI is InChI=1S/C10H22.C8H16.C6H12.C4H10/c1-6-9(5)10(7-2)8(3)4;1-6(2)8-4-7(3)5-8;1-6-4-2-3-5-6;1-3-4-2/h8-10H,6-7H2,1-5H3;6-8H,4-5H2,1-3H3;6H,2-5H2,1H3;3-4H2,1-2H3. The lowest BCUT2D eigenvalue weighted by atomic mass is 9.71. The van der Waals surface area contributed by atoms with Gasteiger partial charge in [-0.25, -0.2) is 0 Å². The molecule has 0 radical (unpaired) electrons. The van der Waals surface area contributed by atoms with E-state index in [0.29, 0.717) is 0 Å². The van der Waals surface area contributed by atoms with E-state index < -0.39 is 0 Å². The lowest BCUT2D eigenvalue weighted by molar-refractivity contribution is 0.156. The van der Waals surface area contributed by atoms with Crippen molar-refractivity contribution >= 4 is 0 Å². The van der Waals surface area contributed by atoms with Crippen LogP contribution in [0.25, 0.3) is 0 Å². The molecule has 2 atom stereocenters. The smallest absolute Gasteiger partial charge is 0.0368 e. The van der Waals surface area contributed by atoms with Gasteiger partial charge in [0.25, 0.3) is 0 Å². The van der Waals surface area contributed by atoms with Gasteiger partial charge in [0.05, 0.1) is 0 Å². The molecule has 0 N–H and O–H groups in total. The summed E-state index contributed by atoms with van der Waals surface area (Å²) in [4.78, 5) is 0. The van der Waals surface area contributed by atoms with E-state index in [1.165, 1.54) is 64.2 Å². The number of unbranched alkanes of at least 4 members (excludes halogenated alkanes) is 1. The lowest BCUT2D eigenvalue weighted by Crippen LogP contribution is -2.25. The van der Waals surface area contributed by atoms with Crippen LogP contribution < -0.4 is 0 Å². The second-order valence-electron chi connectivity index (χ2n) is 10.7. The third-order valence-electron chi connectivity index (χ3n) is 7.20. The van der Waals surface area contributed by atoms with Crippen LogP contribution in [0.4, 0.5) is 0 Å². The Labute approximate surface area is 182 Å². The van der Waals surface area contributed by atoms with Crippen LogP contribution in [0.2, 0.25) is 0 Å². The van der Waals surface area contributed by atoms with Crippen molar-refractivity contribution in [1.82, 2.24) is 0 Å². The highest BCUT2D eigenvalue weighted by atomic mass is 14.3. The Balaban J connectivity index is 0. The van der Waals surface area contributed by atoms with Crippen molar-refractivity contribution in [2.75, 3.05) is 0 Å². The summed E-state index contributed by atoms with van der Waals surface area (Å²) in [6, 6.07) is 0. The molecule has 0 spiro atoms. The van der Waals surface area contributed by atoms with Gasteiger partial charge in [-0.05, 0) is 54.3 Å². The Morgan fingerprint density at radius 1 is 0.679 bits per heavy atom. The fraction of sp³-hybridized carbons (Fsp3) is 1.00. The predicted octanol–water partition coefficient (Wildman–Crippen LogP) is 10.4. The predicted molar refractivity (Wildman–Crippen MR) is 133 cm³/mol. The van der Waals surface area contributed by atoms with Crippen molar-refractivity contribution in [1.29, 1.82) is 0 Å². The zero-order valence-corrected chi connectivity index (χ0v) is 22.1. The maximum Gasteiger partial charge on any atom is -0.0368 e. The van der Waals surface area contributed by atoms with Gasteiger partial charge in [0.15, 0.2) is 0 Å². The second kappa shape index (κ2) is 19.0. The molecule has 0 saturated heterocycles. The topological polar surface area (TPSA) is 0 Å². The molecule has 2 aliphatic carbocycles. The van der Waals surface area contributed by atoms with Crippen LogP contribution in [0, 0.1) is 41.4 Å². The molecule has 2 saturated carbocycles. The molecule has 0 heterocycles. The van der Waals surface area contributed by atoms with E-state index in [-0.39, 0.29) is 0 Å². The van der Waals surface area contributed by atoms with Gasteiger partial charge >= 0.3 is 0 Å². The van der Waals surface area contributed by atoms with Gasteiger partial charge in [-0.3, -0.25) is 0 Å². The summed E-state index contributed by atoms with van der Waals surface area (Å²) in [6.45, 7) is 25.3. The fourth-order valence-corrected chi connectivity index (χ4v) is 4.47. The molecule has 2 rings (SSSR count). The van der Waals surface area contributed by atoms with E-state index in [2.05, 4.69) is 76.2 Å². The Bertz CT molecular complexity index is 289. The molecule has 0 bridgehead atoms. The zero-order chi connectivity index (χ0) is 22.1. The van der Waals surface area contributed by atoms with Gasteiger partial charge in [0.1, 0.15) is 0 Å². The van der Waals surface area contributed by atoms with Gasteiger partial charge in [0, 0.05) is 0 Å². The minimum Gasteiger partial charge on any atom is -0.0654 e. The van der Waals surface area contributed by atoms with Crippen molar-refractivity contribution in [3.63, 3.8) is 0 Å². The summed E-state index contributed by atoms with van der Waals surface area (Å²) in [5.74, 6) is 6.78.